The normalized spacial score (nSPS) is 17.6. The number of nitrogens with one attached hydrogen (secondary N) is 1. The maximum atomic E-state index is 13.2. The minimum atomic E-state index is -0.106. The highest BCUT2D eigenvalue weighted by Crippen LogP contribution is 2.35. The van der Waals surface area contributed by atoms with Crippen LogP contribution in [-0.4, -0.2) is 6.54 Å². The molecule has 0 aromatic heterocycles. The Hall–Kier alpha value is -1.05. The topological polar surface area (TPSA) is 12.0 Å². The maximum absolute atomic E-state index is 13.2. The summed E-state index contributed by atoms with van der Waals surface area (Å²) < 4.78 is 13.2. The summed E-state index contributed by atoms with van der Waals surface area (Å²) in [5.74, 6) is 0.410. The molecule has 0 spiro atoms. The van der Waals surface area contributed by atoms with Crippen molar-refractivity contribution in [2.24, 2.45) is 0 Å². The van der Waals surface area contributed by atoms with E-state index in [9.17, 15) is 4.39 Å². The Morgan fingerprint density at radius 3 is 2.78 bits per heavy atom. The zero-order valence-corrected chi connectivity index (χ0v) is 11.3. The van der Waals surface area contributed by atoms with Crippen molar-refractivity contribution >= 4 is 5.69 Å². The van der Waals surface area contributed by atoms with Gasteiger partial charge in [-0.2, -0.15) is 0 Å². The van der Waals surface area contributed by atoms with Crippen molar-refractivity contribution in [3.05, 3.63) is 29.6 Å². The number of hydrogen-bond acceptors (Lipinski definition) is 1. The van der Waals surface area contributed by atoms with Crippen LogP contribution in [0.4, 0.5) is 10.1 Å². The first kappa shape index (κ1) is 13.4. The van der Waals surface area contributed by atoms with Gasteiger partial charge in [-0.25, -0.2) is 4.39 Å². The Bertz CT molecular complexity index is 375. The van der Waals surface area contributed by atoms with Crippen molar-refractivity contribution in [2.45, 2.75) is 57.8 Å². The summed E-state index contributed by atoms with van der Waals surface area (Å²) in [5, 5.41) is 3.37. The molecule has 1 heterocycles. The molecule has 2 rings (SSSR count). The first-order valence-electron chi connectivity index (χ1n) is 7.34. The molecule has 0 bridgehead atoms. The molecule has 1 aliphatic heterocycles. The van der Waals surface area contributed by atoms with Gasteiger partial charge in [0, 0.05) is 18.2 Å². The van der Waals surface area contributed by atoms with E-state index in [0.29, 0.717) is 5.92 Å². The molecule has 1 aliphatic rings. The molecule has 0 aliphatic carbocycles. The van der Waals surface area contributed by atoms with Crippen LogP contribution in [0.2, 0.25) is 0 Å². The van der Waals surface area contributed by atoms with E-state index in [1.165, 1.54) is 50.5 Å². The minimum absolute atomic E-state index is 0.106. The molecule has 0 radical (unpaired) electrons. The fourth-order valence-corrected chi connectivity index (χ4v) is 2.80. The monoisotopic (exact) mass is 249 g/mol. The summed E-state index contributed by atoms with van der Waals surface area (Å²) in [5.41, 5.74) is 2.32. The average molecular weight is 249 g/mol. The van der Waals surface area contributed by atoms with Gasteiger partial charge in [0.2, 0.25) is 0 Å². The summed E-state index contributed by atoms with van der Waals surface area (Å²) in [7, 11) is 0. The van der Waals surface area contributed by atoms with Crippen LogP contribution >= 0.6 is 0 Å². The fourth-order valence-electron chi connectivity index (χ4n) is 2.80. The molecule has 1 aromatic carbocycles. The molecule has 0 saturated heterocycles. The van der Waals surface area contributed by atoms with E-state index in [1.807, 2.05) is 6.07 Å². The summed E-state index contributed by atoms with van der Waals surface area (Å²) in [6.45, 7) is 3.23. The van der Waals surface area contributed by atoms with Crippen LogP contribution in [0.3, 0.4) is 0 Å². The maximum Gasteiger partial charge on any atom is 0.123 e. The van der Waals surface area contributed by atoms with E-state index in [0.717, 1.165) is 12.2 Å². The summed E-state index contributed by atoms with van der Waals surface area (Å²) in [6, 6.07) is 5.11. The molecular formula is C16H24FN. The molecule has 1 aromatic rings. The molecular weight excluding hydrogens is 225 g/mol. The average Bonchev–Trinajstić information content (AvgIpc) is 2.76. The van der Waals surface area contributed by atoms with Crippen molar-refractivity contribution in [1.29, 1.82) is 0 Å². The lowest BCUT2D eigenvalue weighted by molar-refractivity contribution is 0.554. The van der Waals surface area contributed by atoms with Gasteiger partial charge < -0.3 is 5.32 Å². The molecule has 1 N–H and O–H groups in total. The minimum Gasteiger partial charge on any atom is -0.384 e. The van der Waals surface area contributed by atoms with E-state index >= 15 is 0 Å². The largest absolute Gasteiger partial charge is 0.384 e. The van der Waals surface area contributed by atoms with Crippen molar-refractivity contribution in [1.82, 2.24) is 0 Å². The summed E-state index contributed by atoms with van der Waals surface area (Å²) >= 11 is 0. The summed E-state index contributed by atoms with van der Waals surface area (Å²) in [6.07, 6.45) is 9.16. The zero-order chi connectivity index (χ0) is 12.8. The van der Waals surface area contributed by atoms with Gasteiger partial charge in [-0.3, -0.25) is 0 Å². The Kier molecular flexibility index (Phi) is 5.03. The van der Waals surface area contributed by atoms with Crippen molar-refractivity contribution in [2.75, 3.05) is 11.9 Å². The Morgan fingerprint density at radius 2 is 1.94 bits per heavy atom. The lowest BCUT2D eigenvalue weighted by atomic mass is 9.94. The third-order valence-corrected chi connectivity index (χ3v) is 3.90. The van der Waals surface area contributed by atoms with Gasteiger partial charge in [-0.1, -0.05) is 45.4 Å². The molecule has 1 unspecified atom stereocenters. The van der Waals surface area contributed by atoms with E-state index in [4.69, 9.17) is 0 Å². The lowest BCUT2D eigenvalue weighted by Crippen LogP contribution is -2.01. The second-order valence-electron chi connectivity index (χ2n) is 5.37. The molecule has 1 nitrogen and oxygen atoms in total. The van der Waals surface area contributed by atoms with Crippen LogP contribution in [0.25, 0.3) is 0 Å². The standard InChI is InChI=1S/C16H24FN/c1-2-3-4-5-6-7-8-13-12-18-16-10-9-14(17)11-15(13)16/h9-11,13,18H,2-8,12H2,1H3. The Morgan fingerprint density at radius 1 is 1.17 bits per heavy atom. The second kappa shape index (κ2) is 6.77. The van der Waals surface area contributed by atoms with Gasteiger partial charge >= 0.3 is 0 Å². The van der Waals surface area contributed by atoms with Gasteiger partial charge in [0.1, 0.15) is 5.82 Å². The molecule has 0 fully saturated rings. The van der Waals surface area contributed by atoms with Gasteiger partial charge in [0.15, 0.2) is 0 Å². The molecule has 1 atom stereocenters. The van der Waals surface area contributed by atoms with Crippen LogP contribution in [-0.2, 0) is 0 Å². The van der Waals surface area contributed by atoms with Gasteiger partial charge in [-0.15, -0.1) is 0 Å². The molecule has 2 heteroatoms. The lowest BCUT2D eigenvalue weighted by Gasteiger charge is -2.09. The quantitative estimate of drug-likeness (QED) is 0.664. The van der Waals surface area contributed by atoms with E-state index < -0.39 is 0 Å². The SMILES string of the molecule is CCCCCCCCC1CNc2ccc(F)cc21. The number of anilines is 1. The molecule has 0 amide bonds. The highest BCUT2D eigenvalue weighted by atomic mass is 19.1. The number of rotatable bonds is 7. The van der Waals surface area contributed by atoms with Crippen LogP contribution in [0, 0.1) is 5.82 Å². The molecule has 0 saturated carbocycles. The Labute approximate surface area is 110 Å². The summed E-state index contributed by atoms with van der Waals surface area (Å²) in [4.78, 5) is 0. The number of benzene rings is 1. The third-order valence-electron chi connectivity index (χ3n) is 3.90. The van der Waals surface area contributed by atoms with Crippen molar-refractivity contribution in [3.63, 3.8) is 0 Å². The molecule has 100 valence electrons. The third kappa shape index (κ3) is 3.47. The van der Waals surface area contributed by atoms with Crippen LogP contribution < -0.4 is 5.32 Å². The smallest absolute Gasteiger partial charge is 0.123 e. The van der Waals surface area contributed by atoms with E-state index in [2.05, 4.69) is 12.2 Å². The highest BCUT2D eigenvalue weighted by molar-refractivity contribution is 5.57. The van der Waals surface area contributed by atoms with Gasteiger partial charge in [-0.05, 0) is 30.2 Å². The number of hydrogen-bond donors (Lipinski definition) is 1. The first-order valence-corrected chi connectivity index (χ1v) is 7.34. The molecule has 18 heavy (non-hydrogen) atoms. The number of fused-ring (bicyclic) bond motifs is 1. The zero-order valence-electron chi connectivity index (χ0n) is 11.3. The van der Waals surface area contributed by atoms with Crippen molar-refractivity contribution < 1.29 is 4.39 Å². The van der Waals surface area contributed by atoms with Gasteiger partial charge in [0.05, 0.1) is 0 Å². The van der Waals surface area contributed by atoms with Crippen molar-refractivity contribution in [3.8, 4) is 0 Å². The van der Waals surface area contributed by atoms with Gasteiger partial charge in [0.25, 0.3) is 0 Å². The first-order chi connectivity index (χ1) is 8.81. The second-order valence-corrected chi connectivity index (χ2v) is 5.37. The number of halogens is 1. The van der Waals surface area contributed by atoms with Crippen LogP contribution in [0.15, 0.2) is 18.2 Å². The predicted molar refractivity (Wildman–Crippen MR) is 75.6 cm³/mol. The van der Waals surface area contributed by atoms with E-state index in [1.54, 1.807) is 12.1 Å². The highest BCUT2D eigenvalue weighted by Gasteiger charge is 2.21. The Balaban J connectivity index is 1.74. The predicted octanol–water partition coefficient (Wildman–Crippen LogP) is 5.09. The fraction of sp³-hybridized carbons (Fsp3) is 0.625. The van der Waals surface area contributed by atoms with Crippen LogP contribution in [0.5, 0.6) is 0 Å². The number of unbranched alkanes of at least 4 members (excludes halogenated alkanes) is 5. The van der Waals surface area contributed by atoms with Crippen LogP contribution in [0.1, 0.15) is 63.4 Å². The van der Waals surface area contributed by atoms with E-state index in [-0.39, 0.29) is 5.82 Å².